The lowest BCUT2D eigenvalue weighted by atomic mass is 9.75. The maximum Gasteiger partial charge on any atom is 0.248 e. The van der Waals surface area contributed by atoms with Gasteiger partial charge in [-0.3, -0.25) is 0 Å². The van der Waals surface area contributed by atoms with E-state index < -0.39 is 0 Å². The Labute approximate surface area is 454 Å². The third kappa shape index (κ3) is 9.95. The second kappa shape index (κ2) is 20.4. The highest BCUT2D eigenvalue weighted by Gasteiger charge is 2.28. The van der Waals surface area contributed by atoms with Gasteiger partial charge in [0, 0.05) is 67.5 Å². The SMILES string of the molecule is CC(C)(C)c1cc2nc(-c3ccc(N(c4ccccc4)c4ccc(-c5nnc(-c6ccccc6)o5)cc4)cc3)c(-c3ccc(N(c4ccccc4)c4ccc(-c5nnc(-c6ccccc6)o5)cc4)cc3)nc2cc1C(C)(C)C. The molecule has 0 unspecified atom stereocenters. The van der Waals surface area contributed by atoms with E-state index in [1.54, 1.807) is 0 Å². The van der Waals surface area contributed by atoms with Crippen LogP contribution in [0.25, 0.3) is 79.4 Å². The third-order valence-corrected chi connectivity index (χ3v) is 13.9. The second-order valence-electron chi connectivity index (χ2n) is 21.4. The molecule has 0 fully saturated rings. The summed E-state index contributed by atoms with van der Waals surface area (Å²) in [7, 11) is 0. The van der Waals surface area contributed by atoms with Crippen LogP contribution in [0.2, 0.25) is 0 Å². The molecule has 0 aliphatic carbocycles. The summed E-state index contributed by atoms with van der Waals surface area (Å²) in [6, 6.07) is 78.6. The van der Waals surface area contributed by atoms with Crippen LogP contribution in [-0.2, 0) is 10.8 Å². The molecule has 0 aliphatic heterocycles. The van der Waals surface area contributed by atoms with Crippen LogP contribution in [0.15, 0.2) is 239 Å². The van der Waals surface area contributed by atoms with Crippen molar-refractivity contribution in [3.8, 4) is 68.3 Å². The number of hydrogen-bond donors (Lipinski definition) is 0. The lowest BCUT2D eigenvalue weighted by Gasteiger charge is -2.30. The predicted molar refractivity (Wildman–Crippen MR) is 315 cm³/mol. The Morgan fingerprint density at radius 1 is 0.282 bits per heavy atom. The molecular formula is C68H56N8O2. The van der Waals surface area contributed by atoms with Gasteiger partial charge in [0.15, 0.2) is 0 Å². The van der Waals surface area contributed by atoms with Gasteiger partial charge in [-0.1, -0.05) is 139 Å². The van der Waals surface area contributed by atoms with Gasteiger partial charge in [0.25, 0.3) is 0 Å². The Morgan fingerprint density at radius 2 is 0.526 bits per heavy atom. The standard InChI is InChI=1S/C68H56N8O2/c1-67(2,3)57-43-59-60(44-58(57)68(4,5)6)70-62(46-29-37-54(38-30-46)76(52-25-17-10-18-26-52)56-41-33-50(34-42-56)66-74-72-64(78-66)48-21-13-8-14-22-48)61(69-59)45-27-35-53(36-28-45)75(51-23-15-9-16-24-51)55-39-31-49(32-40-55)65-73-71-63(77-65)47-19-11-7-12-20-47/h7-44H,1-6H3. The van der Waals surface area contributed by atoms with E-state index >= 15 is 0 Å². The average Bonchev–Trinajstić information content (AvgIpc) is 4.27. The Hall–Kier alpha value is -9.80. The summed E-state index contributed by atoms with van der Waals surface area (Å²) in [5.41, 5.74) is 16.8. The number of para-hydroxylation sites is 2. The summed E-state index contributed by atoms with van der Waals surface area (Å²) in [5, 5.41) is 17.4. The molecule has 0 aliphatic rings. The molecule has 12 aromatic rings. The summed E-state index contributed by atoms with van der Waals surface area (Å²) < 4.78 is 12.2. The topological polar surface area (TPSA) is 110 Å². The Bertz CT molecular complexity index is 3740. The third-order valence-electron chi connectivity index (χ3n) is 13.9. The number of nitrogens with zero attached hydrogens (tertiary/aromatic N) is 8. The fourth-order valence-electron chi connectivity index (χ4n) is 9.91. The van der Waals surface area contributed by atoms with Gasteiger partial charge in [0.2, 0.25) is 23.6 Å². The molecule has 3 aromatic heterocycles. The second-order valence-corrected chi connectivity index (χ2v) is 21.4. The van der Waals surface area contributed by atoms with E-state index in [0.717, 1.165) is 89.9 Å². The summed E-state index contributed by atoms with van der Waals surface area (Å²) in [6.07, 6.45) is 0. The van der Waals surface area contributed by atoms with E-state index in [1.807, 2.05) is 97.1 Å². The van der Waals surface area contributed by atoms with Crippen LogP contribution in [0.3, 0.4) is 0 Å². The van der Waals surface area contributed by atoms with Crippen molar-refractivity contribution in [2.24, 2.45) is 0 Å². The van der Waals surface area contributed by atoms with E-state index in [9.17, 15) is 0 Å². The van der Waals surface area contributed by atoms with E-state index in [0.29, 0.717) is 23.6 Å². The van der Waals surface area contributed by atoms with Crippen LogP contribution in [0, 0.1) is 0 Å². The van der Waals surface area contributed by atoms with Crippen molar-refractivity contribution in [2.75, 3.05) is 9.80 Å². The normalized spacial score (nSPS) is 11.7. The Kier molecular flexibility index (Phi) is 12.8. The molecule has 10 nitrogen and oxygen atoms in total. The van der Waals surface area contributed by atoms with Crippen LogP contribution in [0.4, 0.5) is 34.1 Å². The molecule has 0 radical (unpaired) electrons. The zero-order valence-electron chi connectivity index (χ0n) is 44.3. The fraction of sp³-hybridized carbons (Fsp3) is 0.118. The van der Waals surface area contributed by atoms with Crippen molar-refractivity contribution in [3.63, 3.8) is 0 Å². The fourth-order valence-corrected chi connectivity index (χ4v) is 9.91. The lowest BCUT2D eigenvalue weighted by Crippen LogP contribution is -2.22. The van der Waals surface area contributed by atoms with Crippen molar-refractivity contribution in [1.82, 2.24) is 30.4 Å². The largest absolute Gasteiger partial charge is 0.416 e. The van der Waals surface area contributed by atoms with Gasteiger partial charge in [-0.15, -0.1) is 20.4 Å². The van der Waals surface area contributed by atoms with Crippen LogP contribution in [0.5, 0.6) is 0 Å². The zero-order valence-corrected chi connectivity index (χ0v) is 44.3. The van der Waals surface area contributed by atoms with Crippen LogP contribution in [-0.4, -0.2) is 30.4 Å². The first-order valence-corrected chi connectivity index (χ1v) is 26.2. The number of benzene rings is 9. The number of fused-ring (bicyclic) bond motifs is 1. The minimum atomic E-state index is -0.117. The minimum absolute atomic E-state index is 0.117. The maximum atomic E-state index is 6.12. The van der Waals surface area contributed by atoms with Crippen LogP contribution < -0.4 is 9.80 Å². The van der Waals surface area contributed by atoms with Crippen LogP contribution >= 0.6 is 0 Å². The van der Waals surface area contributed by atoms with Crippen molar-refractivity contribution >= 4 is 45.2 Å². The molecular weight excluding hydrogens is 961 g/mol. The van der Waals surface area contributed by atoms with Crippen molar-refractivity contribution < 1.29 is 8.83 Å². The maximum absolute atomic E-state index is 6.12. The summed E-state index contributed by atoms with van der Waals surface area (Å²) >= 11 is 0. The molecule has 78 heavy (non-hydrogen) atoms. The molecule has 0 atom stereocenters. The summed E-state index contributed by atoms with van der Waals surface area (Å²) in [6.45, 7) is 13.6. The van der Waals surface area contributed by atoms with Gasteiger partial charge < -0.3 is 18.6 Å². The highest BCUT2D eigenvalue weighted by molar-refractivity contribution is 5.89. The minimum Gasteiger partial charge on any atom is -0.416 e. The van der Waals surface area contributed by atoms with Gasteiger partial charge in [-0.05, 0) is 155 Å². The average molecular weight is 1020 g/mol. The van der Waals surface area contributed by atoms with Gasteiger partial charge in [-0.2, -0.15) is 0 Å². The quantitative estimate of drug-likeness (QED) is 0.117. The van der Waals surface area contributed by atoms with E-state index in [1.165, 1.54) is 11.1 Å². The molecule has 0 N–H and O–H groups in total. The number of aromatic nitrogens is 6. The van der Waals surface area contributed by atoms with Gasteiger partial charge >= 0.3 is 0 Å². The van der Waals surface area contributed by atoms with Gasteiger partial charge in [0.1, 0.15) is 0 Å². The molecule has 0 spiro atoms. The molecule has 0 bridgehead atoms. The molecule has 3 heterocycles. The number of rotatable bonds is 12. The Balaban J connectivity index is 0.917. The molecule has 0 saturated carbocycles. The Morgan fingerprint density at radius 3 is 0.808 bits per heavy atom. The zero-order chi connectivity index (χ0) is 53.4. The first-order valence-electron chi connectivity index (χ1n) is 26.2. The summed E-state index contributed by atoms with van der Waals surface area (Å²) in [5.74, 6) is 1.88. The lowest BCUT2D eigenvalue weighted by molar-refractivity contribution is 0.531. The van der Waals surface area contributed by atoms with Crippen LogP contribution in [0.1, 0.15) is 52.7 Å². The predicted octanol–water partition coefficient (Wildman–Crippen LogP) is 17.9. The monoisotopic (exact) mass is 1020 g/mol. The van der Waals surface area contributed by atoms with E-state index in [4.69, 9.17) is 18.8 Å². The first-order chi connectivity index (χ1) is 37.9. The number of hydrogen-bond acceptors (Lipinski definition) is 10. The van der Waals surface area contributed by atoms with E-state index in [2.05, 4.69) is 205 Å². The van der Waals surface area contributed by atoms with Gasteiger partial charge in [0.05, 0.1) is 22.4 Å². The molecule has 0 saturated heterocycles. The molecule has 12 rings (SSSR count). The molecule has 9 aromatic carbocycles. The molecule has 380 valence electrons. The van der Waals surface area contributed by atoms with Crippen molar-refractivity contribution in [1.29, 1.82) is 0 Å². The van der Waals surface area contributed by atoms with E-state index in [-0.39, 0.29) is 10.8 Å². The number of anilines is 6. The highest BCUT2D eigenvalue weighted by atomic mass is 16.4. The summed E-state index contributed by atoms with van der Waals surface area (Å²) in [4.78, 5) is 15.6. The molecule has 0 amide bonds. The highest BCUT2D eigenvalue weighted by Crippen LogP contribution is 2.42. The molecule has 10 heteroatoms. The van der Waals surface area contributed by atoms with Crippen molar-refractivity contribution in [2.45, 2.75) is 52.4 Å². The van der Waals surface area contributed by atoms with Crippen molar-refractivity contribution in [3.05, 3.63) is 242 Å². The first kappa shape index (κ1) is 49.1. The van der Waals surface area contributed by atoms with Gasteiger partial charge in [-0.25, -0.2) is 9.97 Å². The smallest absolute Gasteiger partial charge is 0.248 e.